The molecule has 3 aromatic heterocycles. The van der Waals surface area contributed by atoms with Crippen LogP contribution in [0.2, 0.25) is 0 Å². The van der Waals surface area contributed by atoms with Crippen molar-refractivity contribution < 1.29 is 17.0 Å². The highest BCUT2D eigenvalue weighted by molar-refractivity contribution is 5.74. The molecule has 0 saturated heterocycles. The predicted octanol–water partition coefficient (Wildman–Crippen LogP) is -3.03. The van der Waals surface area contributed by atoms with Crippen LogP contribution in [0.25, 0.3) is 17.0 Å². The Hall–Kier alpha value is -1.95. The van der Waals surface area contributed by atoms with E-state index < -0.39 is 0 Å². The summed E-state index contributed by atoms with van der Waals surface area (Å²) in [5, 5.41) is 0. The van der Waals surface area contributed by atoms with E-state index in [1.54, 1.807) is 6.33 Å². The first-order valence-electron chi connectivity index (χ1n) is 4.52. The van der Waals surface area contributed by atoms with Crippen LogP contribution in [-0.4, -0.2) is 24.5 Å². The smallest absolute Gasteiger partial charge is 0.298 e. The summed E-state index contributed by atoms with van der Waals surface area (Å²) in [6, 6.07) is 0. The molecule has 0 aromatic carbocycles. The number of aryl methyl sites for hydroxylation is 1. The summed E-state index contributed by atoms with van der Waals surface area (Å²) in [6.45, 7) is 0. The summed E-state index contributed by atoms with van der Waals surface area (Å²) in [4.78, 5) is 15.5. The second-order valence-electron chi connectivity index (χ2n) is 3.28. The summed E-state index contributed by atoms with van der Waals surface area (Å²) in [7, 11) is 1.96. The van der Waals surface area contributed by atoms with Crippen molar-refractivity contribution in [2.45, 2.75) is 0 Å². The fraction of sp³-hybridized carbons (Fsp3) is 0.111. The Kier molecular flexibility index (Phi) is 2.57. The van der Waals surface area contributed by atoms with Crippen molar-refractivity contribution in [3.63, 3.8) is 0 Å². The lowest BCUT2D eigenvalue weighted by Crippen LogP contribution is -3.00. The van der Waals surface area contributed by atoms with Gasteiger partial charge in [0.05, 0.1) is 19.6 Å². The summed E-state index contributed by atoms with van der Waals surface area (Å²) in [5.74, 6) is 0.779. The van der Waals surface area contributed by atoms with E-state index in [9.17, 15) is 0 Å². The summed E-state index contributed by atoms with van der Waals surface area (Å²) in [5.41, 5.74) is 1.52. The van der Waals surface area contributed by atoms with E-state index in [2.05, 4.69) is 19.9 Å². The number of H-pyrrole nitrogens is 1. The zero-order valence-electron chi connectivity index (χ0n) is 8.50. The molecule has 0 unspecified atom stereocenters. The van der Waals surface area contributed by atoms with Crippen LogP contribution in [0, 0.1) is 0 Å². The van der Waals surface area contributed by atoms with Crippen LogP contribution in [0.4, 0.5) is 0 Å². The van der Waals surface area contributed by atoms with Gasteiger partial charge in [0.2, 0.25) is 0 Å². The minimum atomic E-state index is 0. The Balaban J connectivity index is 0.000000963. The molecule has 7 heteroatoms. The van der Waals surface area contributed by atoms with Gasteiger partial charge in [0.1, 0.15) is 6.20 Å². The standard InChI is InChI=1S/C9H9N6.ClH/c1-14-2-3-15(6-14)9-7-8(11-4-10-7)12-5-13-9;/h2-6H,1H3,(H,10,11,12,13);1H/q+1;/p-1. The van der Waals surface area contributed by atoms with Crippen LogP contribution in [0.3, 0.4) is 0 Å². The number of hydrogen-bond donors (Lipinski definition) is 1. The van der Waals surface area contributed by atoms with Crippen LogP contribution in [-0.2, 0) is 7.05 Å². The number of halogens is 1. The Labute approximate surface area is 97.4 Å². The first-order chi connectivity index (χ1) is 7.34. The molecular weight excluding hydrogens is 228 g/mol. The van der Waals surface area contributed by atoms with Crippen molar-refractivity contribution in [3.05, 3.63) is 31.4 Å². The van der Waals surface area contributed by atoms with Crippen molar-refractivity contribution in [2.24, 2.45) is 7.05 Å². The second-order valence-corrected chi connectivity index (χ2v) is 3.28. The Morgan fingerprint density at radius 3 is 2.94 bits per heavy atom. The topological polar surface area (TPSA) is 63.3 Å². The van der Waals surface area contributed by atoms with Gasteiger partial charge in [-0.1, -0.05) is 4.98 Å². The molecule has 0 aliphatic heterocycles. The Morgan fingerprint density at radius 1 is 1.31 bits per heavy atom. The zero-order valence-corrected chi connectivity index (χ0v) is 9.26. The molecule has 3 heterocycles. The third-order valence-electron chi connectivity index (χ3n) is 2.21. The molecular formula is C9H9ClN6. The lowest BCUT2D eigenvalue weighted by Gasteiger charge is -1.92. The van der Waals surface area contributed by atoms with E-state index in [1.165, 1.54) is 6.33 Å². The fourth-order valence-corrected chi connectivity index (χ4v) is 1.52. The van der Waals surface area contributed by atoms with Crippen LogP contribution in [0.1, 0.15) is 0 Å². The highest BCUT2D eigenvalue weighted by Crippen LogP contribution is 2.08. The van der Waals surface area contributed by atoms with E-state index in [-0.39, 0.29) is 12.4 Å². The van der Waals surface area contributed by atoms with Crippen LogP contribution in [0.5, 0.6) is 0 Å². The lowest BCUT2D eigenvalue weighted by atomic mass is 10.5. The number of hydrogen-bond acceptors (Lipinski definition) is 3. The number of aromatic amines is 1. The molecule has 0 aliphatic rings. The molecule has 3 rings (SSSR count). The normalized spacial score (nSPS) is 10.3. The molecule has 0 saturated carbocycles. The van der Waals surface area contributed by atoms with E-state index in [0.717, 1.165) is 17.0 Å². The van der Waals surface area contributed by atoms with Gasteiger partial charge < -0.3 is 17.4 Å². The molecule has 0 radical (unpaired) electrons. The molecule has 0 atom stereocenters. The lowest BCUT2D eigenvalue weighted by molar-refractivity contribution is -0.597. The molecule has 1 N–H and O–H groups in total. The largest absolute Gasteiger partial charge is 1.00 e. The zero-order chi connectivity index (χ0) is 10.3. The third kappa shape index (κ3) is 1.53. The van der Waals surface area contributed by atoms with Gasteiger partial charge in [-0.2, -0.15) is 0 Å². The average molecular weight is 237 g/mol. The SMILES string of the molecule is Cn1cc[n+](-c2ncnc3[nH]cnc23)c1.[Cl-]. The van der Waals surface area contributed by atoms with Crippen LogP contribution < -0.4 is 17.0 Å². The molecule has 3 aromatic rings. The van der Waals surface area contributed by atoms with Crippen molar-refractivity contribution in [3.8, 4) is 5.82 Å². The fourth-order valence-electron chi connectivity index (χ4n) is 1.52. The maximum absolute atomic E-state index is 4.22. The van der Waals surface area contributed by atoms with E-state index in [4.69, 9.17) is 0 Å². The van der Waals surface area contributed by atoms with Crippen molar-refractivity contribution >= 4 is 11.2 Å². The minimum absolute atomic E-state index is 0. The summed E-state index contributed by atoms with van der Waals surface area (Å²) in [6.07, 6.45) is 8.94. The predicted molar refractivity (Wildman–Crippen MR) is 52.2 cm³/mol. The first-order valence-corrected chi connectivity index (χ1v) is 4.52. The van der Waals surface area contributed by atoms with Gasteiger partial charge in [0, 0.05) is 0 Å². The van der Waals surface area contributed by atoms with Crippen LogP contribution >= 0.6 is 0 Å². The quantitative estimate of drug-likeness (QED) is 0.458. The van der Waals surface area contributed by atoms with Gasteiger partial charge >= 0.3 is 0 Å². The number of aromatic nitrogens is 6. The highest BCUT2D eigenvalue weighted by atomic mass is 35.5. The van der Waals surface area contributed by atoms with E-state index in [0.29, 0.717) is 0 Å². The Bertz CT molecular complexity index is 613. The molecule has 0 bridgehead atoms. The van der Waals surface area contributed by atoms with Gasteiger partial charge in [0.15, 0.2) is 23.8 Å². The third-order valence-corrected chi connectivity index (χ3v) is 2.21. The summed E-state index contributed by atoms with van der Waals surface area (Å²) >= 11 is 0. The van der Waals surface area contributed by atoms with Crippen molar-refractivity contribution in [1.29, 1.82) is 0 Å². The van der Waals surface area contributed by atoms with E-state index in [1.807, 2.05) is 34.9 Å². The maximum atomic E-state index is 4.22. The minimum Gasteiger partial charge on any atom is -1.00 e. The number of rotatable bonds is 1. The molecule has 6 nitrogen and oxygen atoms in total. The van der Waals surface area contributed by atoms with Gasteiger partial charge in [-0.25, -0.2) is 14.5 Å². The van der Waals surface area contributed by atoms with Crippen molar-refractivity contribution in [1.82, 2.24) is 24.5 Å². The monoisotopic (exact) mass is 236 g/mol. The number of fused-ring (bicyclic) bond motifs is 1. The second kappa shape index (κ2) is 3.90. The Morgan fingerprint density at radius 2 is 2.19 bits per heavy atom. The molecule has 16 heavy (non-hydrogen) atoms. The van der Waals surface area contributed by atoms with Gasteiger partial charge in [-0.3, -0.25) is 4.57 Å². The molecule has 0 amide bonds. The van der Waals surface area contributed by atoms with Gasteiger partial charge in [0.25, 0.3) is 5.82 Å². The number of nitrogens with one attached hydrogen (secondary N) is 1. The van der Waals surface area contributed by atoms with Crippen molar-refractivity contribution in [2.75, 3.05) is 0 Å². The molecule has 0 spiro atoms. The van der Waals surface area contributed by atoms with Gasteiger partial charge in [-0.15, -0.1) is 0 Å². The van der Waals surface area contributed by atoms with Gasteiger partial charge in [-0.05, 0) is 0 Å². The van der Waals surface area contributed by atoms with E-state index >= 15 is 0 Å². The summed E-state index contributed by atoms with van der Waals surface area (Å²) < 4.78 is 3.85. The molecule has 0 aliphatic carbocycles. The maximum Gasteiger partial charge on any atom is 0.298 e. The molecule has 82 valence electrons. The van der Waals surface area contributed by atoms with Crippen LogP contribution in [0.15, 0.2) is 31.4 Å². The number of imidazole rings is 2. The number of nitrogens with zero attached hydrogens (tertiary/aromatic N) is 5. The molecule has 0 fully saturated rings. The highest BCUT2D eigenvalue weighted by Gasteiger charge is 2.13. The first kappa shape index (κ1) is 10.6. The average Bonchev–Trinajstić information content (AvgIpc) is 2.84.